The first-order chi connectivity index (χ1) is 10.9. The van der Waals surface area contributed by atoms with Crippen molar-refractivity contribution in [2.24, 2.45) is 0 Å². The highest BCUT2D eigenvalue weighted by molar-refractivity contribution is 7.89. The number of hydrogen-bond donors (Lipinski definition) is 0. The van der Waals surface area contributed by atoms with E-state index in [4.69, 9.17) is 6.42 Å². The zero-order valence-electron chi connectivity index (χ0n) is 13.1. The molecule has 4 heteroatoms. The van der Waals surface area contributed by atoms with Crippen molar-refractivity contribution in [1.29, 1.82) is 0 Å². The molecule has 0 heterocycles. The van der Waals surface area contributed by atoms with Gasteiger partial charge in [-0.15, -0.1) is 6.42 Å². The molecular formula is C19H19NO2S. The van der Waals surface area contributed by atoms with Crippen LogP contribution in [0.5, 0.6) is 0 Å². The Morgan fingerprint density at radius 1 is 1.13 bits per heavy atom. The fourth-order valence-electron chi connectivity index (χ4n) is 2.17. The minimum Gasteiger partial charge on any atom is -0.207 e. The summed E-state index contributed by atoms with van der Waals surface area (Å²) < 4.78 is 26.9. The van der Waals surface area contributed by atoms with E-state index in [9.17, 15) is 8.42 Å². The predicted molar refractivity (Wildman–Crippen MR) is 94.2 cm³/mol. The molecule has 0 saturated heterocycles. The van der Waals surface area contributed by atoms with Gasteiger partial charge in [-0.3, -0.25) is 0 Å². The SMILES string of the molecule is C#CCN(CC(=C)c1ccccc1)S(=O)(=O)c1ccc(C)cc1. The molecule has 0 aliphatic carbocycles. The topological polar surface area (TPSA) is 37.4 Å². The van der Waals surface area contributed by atoms with Crippen molar-refractivity contribution in [3.05, 3.63) is 72.3 Å². The summed E-state index contributed by atoms with van der Waals surface area (Å²) >= 11 is 0. The summed E-state index contributed by atoms with van der Waals surface area (Å²) in [5.74, 6) is 2.42. The summed E-state index contributed by atoms with van der Waals surface area (Å²) in [5, 5.41) is 0. The fourth-order valence-corrected chi connectivity index (χ4v) is 3.51. The Balaban J connectivity index is 2.29. The summed E-state index contributed by atoms with van der Waals surface area (Å²) in [5.41, 5.74) is 2.60. The van der Waals surface area contributed by atoms with Crippen LogP contribution in [-0.4, -0.2) is 25.8 Å². The first-order valence-electron chi connectivity index (χ1n) is 7.18. The smallest absolute Gasteiger partial charge is 0.207 e. The van der Waals surface area contributed by atoms with E-state index in [-0.39, 0.29) is 18.0 Å². The van der Waals surface area contributed by atoms with Crippen LogP contribution in [0.4, 0.5) is 0 Å². The fraction of sp³-hybridized carbons (Fsp3) is 0.158. The highest BCUT2D eigenvalue weighted by Gasteiger charge is 2.24. The molecule has 2 aromatic carbocycles. The van der Waals surface area contributed by atoms with E-state index in [0.717, 1.165) is 11.1 Å². The second kappa shape index (κ2) is 7.28. The molecule has 23 heavy (non-hydrogen) atoms. The lowest BCUT2D eigenvalue weighted by molar-refractivity contribution is 0.482. The Labute approximate surface area is 138 Å². The van der Waals surface area contributed by atoms with E-state index < -0.39 is 10.0 Å². The van der Waals surface area contributed by atoms with Crippen LogP contribution in [0.2, 0.25) is 0 Å². The first kappa shape index (κ1) is 17.0. The van der Waals surface area contributed by atoms with Crippen molar-refractivity contribution < 1.29 is 8.42 Å². The number of terminal acetylenes is 1. The van der Waals surface area contributed by atoms with Gasteiger partial charge in [0.15, 0.2) is 0 Å². The van der Waals surface area contributed by atoms with Gasteiger partial charge in [0.2, 0.25) is 10.0 Å². The van der Waals surface area contributed by atoms with Crippen molar-refractivity contribution in [2.45, 2.75) is 11.8 Å². The van der Waals surface area contributed by atoms with Crippen LogP contribution in [0.25, 0.3) is 5.57 Å². The quantitative estimate of drug-likeness (QED) is 0.764. The molecule has 0 saturated carbocycles. The average Bonchev–Trinajstić information content (AvgIpc) is 2.55. The van der Waals surface area contributed by atoms with Crippen LogP contribution in [0.1, 0.15) is 11.1 Å². The summed E-state index contributed by atoms with van der Waals surface area (Å²) in [6, 6.07) is 16.2. The van der Waals surface area contributed by atoms with Crippen molar-refractivity contribution in [3.63, 3.8) is 0 Å². The van der Waals surface area contributed by atoms with Gasteiger partial charge in [0, 0.05) is 6.54 Å². The van der Waals surface area contributed by atoms with Gasteiger partial charge in [0.05, 0.1) is 11.4 Å². The van der Waals surface area contributed by atoms with Crippen molar-refractivity contribution in [1.82, 2.24) is 4.31 Å². The van der Waals surface area contributed by atoms with Gasteiger partial charge in [-0.05, 0) is 30.2 Å². The molecule has 0 unspecified atom stereocenters. The van der Waals surface area contributed by atoms with E-state index in [1.807, 2.05) is 37.3 Å². The number of sulfonamides is 1. The maximum absolute atomic E-state index is 12.8. The van der Waals surface area contributed by atoms with Crippen molar-refractivity contribution in [2.75, 3.05) is 13.1 Å². The first-order valence-corrected chi connectivity index (χ1v) is 8.62. The van der Waals surface area contributed by atoms with E-state index in [1.165, 1.54) is 4.31 Å². The third-order valence-electron chi connectivity index (χ3n) is 3.48. The largest absolute Gasteiger partial charge is 0.244 e. The molecule has 0 N–H and O–H groups in total. The third-order valence-corrected chi connectivity index (χ3v) is 5.28. The highest BCUT2D eigenvalue weighted by Crippen LogP contribution is 2.20. The predicted octanol–water partition coefficient (Wildman–Crippen LogP) is 3.33. The standard InChI is InChI=1S/C19H19NO2S/c1-4-14-20(15-17(3)18-8-6-5-7-9-18)23(21,22)19-12-10-16(2)11-13-19/h1,5-13H,3,14-15H2,2H3. The monoisotopic (exact) mass is 325 g/mol. The molecule has 0 fully saturated rings. The van der Waals surface area contributed by atoms with Gasteiger partial charge in [-0.2, -0.15) is 4.31 Å². The maximum Gasteiger partial charge on any atom is 0.244 e. The lowest BCUT2D eigenvalue weighted by Gasteiger charge is -2.21. The van der Waals surface area contributed by atoms with E-state index in [0.29, 0.717) is 5.57 Å². The van der Waals surface area contributed by atoms with Gasteiger partial charge in [0.1, 0.15) is 0 Å². The van der Waals surface area contributed by atoms with Crippen LogP contribution in [0, 0.1) is 19.3 Å². The minimum atomic E-state index is -3.65. The molecule has 0 amide bonds. The molecule has 118 valence electrons. The molecule has 0 bridgehead atoms. The second-order valence-electron chi connectivity index (χ2n) is 5.26. The normalized spacial score (nSPS) is 11.2. The lowest BCUT2D eigenvalue weighted by atomic mass is 10.1. The van der Waals surface area contributed by atoms with Crippen LogP contribution in [-0.2, 0) is 10.0 Å². The molecule has 0 radical (unpaired) electrons. The molecule has 0 atom stereocenters. The molecule has 0 spiro atoms. The molecule has 3 nitrogen and oxygen atoms in total. The molecular weight excluding hydrogens is 306 g/mol. The molecule has 2 aromatic rings. The zero-order chi connectivity index (χ0) is 16.9. The Morgan fingerprint density at radius 3 is 2.30 bits per heavy atom. The molecule has 0 aliphatic rings. The number of nitrogens with zero attached hydrogens (tertiary/aromatic N) is 1. The summed E-state index contributed by atoms with van der Waals surface area (Å²) in [7, 11) is -3.65. The lowest BCUT2D eigenvalue weighted by Crippen LogP contribution is -2.32. The number of rotatable bonds is 6. The van der Waals surface area contributed by atoms with Gasteiger partial charge >= 0.3 is 0 Å². The van der Waals surface area contributed by atoms with E-state index >= 15 is 0 Å². The second-order valence-corrected chi connectivity index (χ2v) is 7.20. The third kappa shape index (κ3) is 4.10. The van der Waals surface area contributed by atoms with Crippen molar-refractivity contribution in [3.8, 4) is 12.3 Å². The summed E-state index contributed by atoms with van der Waals surface area (Å²) in [6.45, 7) is 6.06. The zero-order valence-corrected chi connectivity index (χ0v) is 13.9. The highest BCUT2D eigenvalue weighted by atomic mass is 32.2. The van der Waals surface area contributed by atoms with Gasteiger partial charge in [-0.1, -0.05) is 60.5 Å². The Morgan fingerprint density at radius 2 is 1.74 bits per heavy atom. The van der Waals surface area contributed by atoms with E-state index in [1.54, 1.807) is 24.3 Å². The Bertz CT molecular complexity index is 816. The minimum absolute atomic E-state index is 0.00205. The van der Waals surface area contributed by atoms with Crippen LogP contribution in [0.3, 0.4) is 0 Å². The Kier molecular flexibility index (Phi) is 5.38. The van der Waals surface area contributed by atoms with Gasteiger partial charge in [0.25, 0.3) is 0 Å². The maximum atomic E-state index is 12.8. The van der Waals surface area contributed by atoms with Gasteiger partial charge in [-0.25, -0.2) is 8.42 Å². The van der Waals surface area contributed by atoms with Crippen LogP contribution < -0.4 is 0 Å². The van der Waals surface area contributed by atoms with Gasteiger partial charge < -0.3 is 0 Å². The van der Waals surface area contributed by atoms with Crippen LogP contribution in [0.15, 0.2) is 66.1 Å². The van der Waals surface area contributed by atoms with Crippen LogP contribution >= 0.6 is 0 Å². The number of aryl methyl sites for hydroxylation is 1. The number of benzene rings is 2. The Hall–Kier alpha value is -2.35. The number of hydrogen-bond acceptors (Lipinski definition) is 2. The molecule has 0 aliphatic heterocycles. The summed E-state index contributed by atoms with van der Waals surface area (Å²) in [6.07, 6.45) is 5.36. The van der Waals surface area contributed by atoms with E-state index in [2.05, 4.69) is 12.5 Å². The average molecular weight is 325 g/mol. The molecule has 2 rings (SSSR count). The molecule has 0 aromatic heterocycles. The van der Waals surface area contributed by atoms with Crippen molar-refractivity contribution >= 4 is 15.6 Å². The summed E-state index contributed by atoms with van der Waals surface area (Å²) in [4.78, 5) is 0.235.